The third kappa shape index (κ3) is 2.97. The van der Waals surface area contributed by atoms with Crippen molar-refractivity contribution in [1.82, 2.24) is 0 Å². The maximum atomic E-state index is 13.7. The van der Waals surface area contributed by atoms with Crippen molar-refractivity contribution in [1.29, 1.82) is 0 Å². The number of anilines is 1. The summed E-state index contributed by atoms with van der Waals surface area (Å²) in [6.07, 6.45) is 0. The summed E-state index contributed by atoms with van der Waals surface area (Å²) in [4.78, 5) is 4.42. The first-order chi connectivity index (χ1) is 9.72. The second kappa shape index (κ2) is 5.85. The van der Waals surface area contributed by atoms with E-state index in [1.165, 1.54) is 11.6 Å². The van der Waals surface area contributed by atoms with E-state index < -0.39 is 0 Å². The third-order valence-corrected chi connectivity index (χ3v) is 4.39. The van der Waals surface area contributed by atoms with E-state index in [1.54, 1.807) is 23.9 Å². The molecule has 1 N–H and O–H groups in total. The quantitative estimate of drug-likeness (QED) is 0.867. The Morgan fingerprint density at radius 3 is 2.75 bits per heavy atom. The lowest BCUT2D eigenvalue weighted by Crippen LogP contribution is -2.06. The molecular weight excluding hydrogens is 295 g/mol. The van der Waals surface area contributed by atoms with Gasteiger partial charge in [-0.2, -0.15) is 0 Å². The van der Waals surface area contributed by atoms with Crippen LogP contribution in [0.15, 0.2) is 53.5 Å². The highest BCUT2D eigenvalue weighted by molar-refractivity contribution is 8.14. The standard InChI is InChI=1S/C15H12ClFN2S/c16-11-6-7-13(12(17)8-11)19-15-18-9-14(20-15)10-4-2-1-3-5-10/h1-8,14H,9H2,(H,18,19). The molecule has 102 valence electrons. The zero-order chi connectivity index (χ0) is 13.9. The van der Waals surface area contributed by atoms with Crippen molar-refractivity contribution in [2.45, 2.75) is 5.25 Å². The van der Waals surface area contributed by atoms with E-state index in [0.717, 1.165) is 5.17 Å². The van der Waals surface area contributed by atoms with Gasteiger partial charge in [0.15, 0.2) is 5.17 Å². The molecule has 2 aromatic rings. The lowest BCUT2D eigenvalue weighted by molar-refractivity contribution is 0.632. The average molecular weight is 307 g/mol. The Kier molecular flexibility index (Phi) is 3.94. The minimum Gasteiger partial charge on any atom is -0.333 e. The van der Waals surface area contributed by atoms with Gasteiger partial charge in [0.25, 0.3) is 0 Å². The Morgan fingerprint density at radius 2 is 2.00 bits per heavy atom. The van der Waals surface area contributed by atoms with Crippen molar-refractivity contribution >= 4 is 34.2 Å². The summed E-state index contributed by atoms with van der Waals surface area (Å²) in [7, 11) is 0. The number of nitrogens with zero attached hydrogens (tertiary/aromatic N) is 1. The van der Waals surface area contributed by atoms with Crippen molar-refractivity contribution in [3.8, 4) is 0 Å². The Balaban J connectivity index is 1.69. The molecule has 0 fully saturated rings. The van der Waals surface area contributed by atoms with Crippen LogP contribution in [0.2, 0.25) is 5.02 Å². The molecule has 1 atom stereocenters. The van der Waals surface area contributed by atoms with E-state index in [2.05, 4.69) is 22.4 Å². The molecular formula is C15H12ClFN2S. The number of aliphatic imine (C=N–C) groups is 1. The highest BCUT2D eigenvalue weighted by atomic mass is 35.5. The molecule has 0 spiro atoms. The molecule has 1 unspecified atom stereocenters. The Labute approximate surface area is 126 Å². The second-order valence-electron chi connectivity index (χ2n) is 4.41. The fraction of sp³-hybridized carbons (Fsp3) is 0.133. The first kappa shape index (κ1) is 13.5. The van der Waals surface area contributed by atoms with Gasteiger partial charge in [0.2, 0.25) is 0 Å². The molecule has 20 heavy (non-hydrogen) atoms. The summed E-state index contributed by atoms with van der Waals surface area (Å²) in [5.41, 5.74) is 1.63. The number of thioether (sulfide) groups is 1. The van der Waals surface area contributed by atoms with Gasteiger partial charge < -0.3 is 5.32 Å². The molecule has 0 bridgehead atoms. The van der Waals surface area contributed by atoms with Gasteiger partial charge in [0.1, 0.15) is 5.82 Å². The SMILES string of the molecule is Fc1cc(Cl)ccc1NC1=NCC(c2ccccc2)S1. The average Bonchev–Trinajstić information content (AvgIpc) is 2.92. The first-order valence-corrected chi connectivity index (χ1v) is 7.46. The monoisotopic (exact) mass is 306 g/mol. The molecule has 0 aromatic heterocycles. The van der Waals surface area contributed by atoms with E-state index in [9.17, 15) is 4.39 Å². The summed E-state index contributed by atoms with van der Waals surface area (Å²) < 4.78 is 13.7. The number of halogens is 2. The molecule has 1 heterocycles. The molecule has 1 aliphatic heterocycles. The topological polar surface area (TPSA) is 24.4 Å². The molecule has 3 rings (SSSR count). The Hall–Kier alpha value is -1.52. The van der Waals surface area contributed by atoms with E-state index >= 15 is 0 Å². The molecule has 0 saturated heterocycles. The molecule has 0 amide bonds. The fourth-order valence-corrected chi connectivity index (χ4v) is 3.18. The highest BCUT2D eigenvalue weighted by Gasteiger charge is 2.21. The molecule has 0 aliphatic carbocycles. The van der Waals surface area contributed by atoms with E-state index in [1.807, 2.05) is 18.2 Å². The van der Waals surface area contributed by atoms with E-state index in [-0.39, 0.29) is 11.1 Å². The van der Waals surface area contributed by atoms with Gasteiger partial charge in [-0.05, 0) is 23.8 Å². The van der Waals surface area contributed by atoms with Crippen LogP contribution in [0.4, 0.5) is 10.1 Å². The van der Waals surface area contributed by atoms with Gasteiger partial charge in [-0.1, -0.05) is 53.7 Å². The van der Waals surface area contributed by atoms with E-state index in [0.29, 0.717) is 17.3 Å². The molecule has 2 aromatic carbocycles. The number of nitrogens with one attached hydrogen (secondary N) is 1. The van der Waals surface area contributed by atoms with Crippen LogP contribution in [-0.4, -0.2) is 11.7 Å². The minimum absolute atomic E-state index is 0.286. The lowest BCUT2D eigenvalue weighted by Gasteiger charge is -2.10. The van der Waals surface area contributed by atoms with Crippen LogP contribution >= 0.6 is 23.4 Å². The Bertz CT molecular complexity index is 646. The largest absolute Gasteiger partial charge is 0.333 e. The van der Waals surface area contributed by atoms with Crippen LogP contribution in [0.1, 0.15) is 10.8 Å². The molecule has 2 nitrogen and oxygen atoms in total. The van der Waals surface area contributed by atoms with Gasteiger partial charge in [-0.15, -0.1) is 0 Å². The normalized spacial score (nSPS) is 17.9. The van der Waals surface area contributed by atoms with Crippen LogP contribution in [0, 0.1) is 5.82 Å². The zero-order valence-corrected chi connectivity index (χ0v) is 12.1. The van der Waals surface area contributed by atoms with Crippen molar-refractivity contribution in [2.75, 3.05) is 11.9 Å². The summed E-state index contributed by atoms with van der Waals surface area (Å²) in [6.45, 7) is 0.701. The predicted molar refractivity (Wildman–Crippen MR) is 84.1 cm³/mol. The van der Waals surface area contributed by atoms with Gasteiger partial charge in [0.05, 0.1) is 17.5 Å². The fourth-order valence-electron chi connectivity index (χ4n) is 1.99. The zero-order valence-electron chi connectivity index (χ0n) is 10.5. The van der Waals surface area contributed by atoms with Crippen LogP contribution in [0.5, 0.6) is 0 Å². The predicted octanol–water partition coefficient (Wildman–Crippen LogP) is 4.74. The maximum absolute atomic E-state index is 13.7. The number of benzene rings is 2. The molecule has 0 saturated carbocycles. The third-order valence-electron chi connectivity index (χ3n) is 3.00. The smallest absolute Gasteiger partial charge is 0.161 e. The number of amidine groups is 1. The second-order valence-corrected chi connectivity index (χ2v) is 6.04. The summed E-state index contributed by atoms with van der Waals surface area (Å²) in [6, 6.07) is 14.8. The summed E-state index contributed by atoms with van der Waals surface area (Å²) in [5.74, 6) is -0.371. The van der Waals surface area contributed by atoms with Crippen LogP contribution < -0.4 is 5.32 Å². The molecule has 1 aliphatic rings. The van der Waals surface area contributed by atoms with Crippen molar-refractivity contribution in [3.05, 3.63) is 64.9 Å². The van der Waals surface area contributed by atoms with Crippen LogP contribution in [-0.2, 0) is 0 Å². The Morgan fingerprint density at radius 1 is 1.20 bits per heavy atom. The van der Waals surface area contributed by atoms with Gasteiger partial charge >= 0.3 is 0 Å². The lowest BCUT2D eigenvalue weighted by atomic mass is 10.1. The minimum atomic E-state index is -0.371. The van der Waals surface area contributed by atoms with Crippen molar-refractivity contribution < 1.29 is 4.39 Å². The van der Waals surface area contributed by atoms with Crippen molar-refractivity contribution in [3.63, 3.8) is 0 Å². The summed E-state index contributed by atoms with van der Waals surface area (Å²) in [5, 5.41) is 4.42. The molecule has 5 heteroatoms. The van der Waals surface area contributed by atoms with Gasteiger partial charge in [-0.25, -0.2) is 4.39 Å². The highest BCUT2D eigenvalue weighted by Crippen LogP contribution is 2.35. The van der Waals surface area contributed by atoms with Crippen LogP contribution in [0.3, 0.4) is 0 Å². The number of rotatable bonds is 2. The first-order valence-electron chi connectivity index (χ1n) is 6.20. The van der Waals surface area contributed by atoms with E-state index in [4.69, 9.17) is 11.6 Å². The molecule has 0 radical (unpaired) electrons. The number of hydrogen-bond donors (Lipinski definition) is 1. The number of hydrogen-bond acceptors (Lipinski definition) is 3. The van der Waals surface area contributed by atoms with Gasteiger partial charge in [0, 0.05) is 5.02 Å². The van der Waals surface area contributed by atoms with Crippen LogP contribution in [0.25, 0.3) is 0 Å². The van der Waals surface area contributed by atoms with Crippen molar-refractivity contribution in [2.24, 2.45) is 4.99 Å². The maximum Gasteiger partial charge on any atom is 0.161 e. The van der Waals surface area contributed by atoms with Gasteiger partial charge in [-0.3, -0.25) is 4.99 Å². The summed E-state index contributed by atoms with van der Waals surface area (Å²) >= 11 is 7.34.